The summed E-state index contributed by atoms with van der Waals surface area (Å²) in [6.07, 6.45) is 0. The van der Waals surface area contributed by atoms with Crippen LogP contribution in [0.2, 0.25) is 0 Å². The fourth-order valence-corrected chi connectivity index (χ4v) is 3.69. The Morgan fingerprint density at radius 3 is 2.59 bits per heavy atom. The minimum atomic E-state index is -1.15. The molecule has 0 amide bonds. The number of carboxylic acids is 1. The molecule has 0 aliphatic heterocycles. The van der Waals surface area contributed by atoms with Crippen LogP contribution in [-0.2, 0) is 16.8 Å². The molecule has 0 fully saturated rings. The molecule has 0 aliphatic rings. The van der Waals surface area contributed by atoms with E-state index >= 15 is 0 Å². The van der Waals surface area contributed by atoms with Crippen molar-refractivity contribution >= 4 is 33.2 Å². The zero-order chi connectivity index (χ0) is 18.7. The quantitative estimate of drug-likeness (QED) is 0.525. The molecule has 7 heteroatoms. The maximum Gasteiger partial charge on any atom is 1.00 e. The van der Waals surface area contributed by atoms with Gasteiger partial charge in [-0.25, -0.2) is 4.98 Å². The number of aromatic nitrogens is 1. The van der Waals surface area contributed by atoms with E-state index < -0.39 is 11.4 Å². The summed E-state index contributed by atoms with van der Waals surface area (Å²) in [5.41, 5.74) is 1.22. The first-order valence-corrected chi connectivity index (χ1v) is 9.69. The first-order valence-electron chi connectivity index (χ1n) is 8.02. The van der Waals surface area contributed by atoms with E-state index in [1.165, 1.54) is 11.3 Å². The molecule has 0 N–H and O–H groups in total. The number of hydrogen-bond acceptors (Lipinski definition) is 5. The molecule has 0 radical (unpaired) electrons. The number of thiazole rings is 1. The van der Waals surface area contributed by atoms with Gasteiger partial charge in [0, 0.05) is 15.3 Å². The van der Waals surface area contributed by atoms with Crippen molar-refractivity contribution in [1.82, 2.24) is 4.98 Å². The van der Waals surface area contributed by atoms with Crippen molar-refractivity contribution < 1.29 is 44.2 Å². The van der Waals surface area contributed by atoms with E-state index in [0.717, 1.165) is 15.6 Å². The van der Waals surface area contributed by atoms with Crippen LogP contribution in [0.4, 0.5) is 0 Å². The first kappa shape index (κ1) is 22.1. The Labute approximate surface area is 193 Å². The van der Waals surface area contributed by atoms with Crippen molar-refractivity contribution in [1.29, 1.82) is 0 Å². The SMILES string of the molecule is CC(C)(C(=O)[O-])c1csc(-c2cc(Br)ccc2OCc2ccccc2)n1.[Na+]. The second-order valence-corrected chi connectivity index (χ2v) is 8.14. The van der Waals surface area contributed by atoms with E-state index in [-0.39, 0.29) is 29.6 Å². The van der Waals surface area contributed by atoms with Crippen molar-refractivity contribution in [3.63, 3.8) is 0 Å². The molecular weight excluding hydrogens is 437 g/mol. The van der Waals surface area contributed by atoms with Crippen LogP contribution in [0, 0.1) is 0 Å². The van der Waals surface area contributed by atoms with Gasteiger partial charge in [0.05, 0.1) is 17.2 Å². The third kappa shape index (κ3) is 5.21. The van der Waals surface area contributed by atoms with Crippen molar-refractivity contribution in [3.8, 4) is 16.3 Å². The normalized spacial score (nSPS) is 10.9. The number of carbonyl (C=O) groups is 1. The van der Waals surface area contributed by atoms with Crippen LogP contribution in [0.5, 0.6) is 5.75 Å². The molecule has 0 saturated carbocycles. The molecule has 0 bridgehead atoms. The maximum absolute atomic E-state index is 11.4. The minimum absolute atomic E-state index is 0. The number of carboxylic acid groups (broad SMARTS) is 1. The summed E-state index contributed by atoms with van der Waals surface area (Å²) in [4.78, 5) is 15.9. The van der Waals surface area contributed by atoms with Crippen LogP contribution in [0.25, 0.3) is 10.6 Å². The van der Waals surface area contributed by atoms with Gasteiger partial charge in [-0.3, -0.25) is 0 Å². The Kier molecular flexibility index (Phi) is 7.65. The molecule has 0 unspecified atom stereocenters. The van der Waals surface area contributed by atoms with Gasteiger partial charge in [0.25, 0.3) is 0 Å². The summed E-state index contributed by atoms with van der Waals surface area (Å²) in [6, 6.07) is 15.6. The largest absolute Gasteiger partial charge is 1.00 e. The Hall–Kier alpha value is -1.18. The van der Waals surface area contributed by atoms with Crippen LogP contribution in [0.1, 0.15) is 25.1 Å². The first-order chi connectivity index (χ1) is 12.4. The number of halogens is 1. The summed E-state index contributed by atoms with van der Waals surface area (Å²) in [6.45, 7) is 3.63. The van der Waals surface area contributed by atoms with Crippen LogP contribution < -0.4 is 39.4 Å². The molecule has 1 aromatic heterocycles. The van der Waals surface area contributed by atoms with Gasteiger partial charge in [0.2, 0.25) is 0 Å². The predicted molar refractivity (Wildman–Crippen MR) is 104 cm³/mol. The van der Waals surface area contributed by atoms with Crippen LogP contribution in [0.3, 0.4) is 0 Å². The number of rotatable bonds is 6. The summed E-state index contributed by atoms with van der Waals surface area (Å²) in [5, 5.41) is 13.8. The van der Waals surface area contributed by atoms with Gasteiger partial charge < -0.3 is 14.6 Å². The molecule has 3 aromatic rings. The van der Waals surface area contributed by atoms with Gasteiger partial charge in [0.1, 0.15) is 17.4 Å². The molecule has 0 atom stereocenters. The molecule has 134 valence electrons. The zero-order valence-electron chi connectivity index (χ0n) is 15.4. The second kappa shape index (κ2) is 9.34. The van der Waals surface area contributed by atoms with Gasteiger partial charge >= 0.3 is 29.6 Å². The summed E-state index contributed by atoms with van der Waals surface area (Å²) in [7, 11) is 0. The summed E-state index contributed by atoms with van der Waals surface area (Å²) in [5.74, 6) is -0.451. The Morgan fingerprint density at radius 2 is 1.93 bits per heavy atom. The van der Waals surface area contributed by atoms with E-state index in [4.69, 9.17) is 4.74 Å². The number of ether oxygens (including phenoxy) is 1. The predicted octanol–water partition coefficient (Wildman–Crippen LogP) is 1.18. The maximum atomic E-state index is 11.4. The average Bonchev–Trinajstić information content (AvgIpc) is 3.12. The molecule has 1 heterocycles. The third-order valence-electron chi connectivity index (χ3n) is 4.06. The number of nitrogens with zero attached hydrogens (tertiary/aromatic N) is 1. The molecular formula is C20H17BrNNaO3S. The van der Waals surface area contributed by atoms with E-state index in [2.05, 4.69) is 20.9 Å². The Balaban J connectivity index is 0.00000261. The molecule has 0 aliphatic carbocycles. The van der Waals surface area contributed by atoms with Crippen molar-refractivity contribution in [3.05, 3.63) is 69.6 Å². The zero-order valence-corrected chi connectivity index (χ0v) is 19.8. The molecule has 27 heavy (non-hydrogen) atoms. The van der Waals surface area contributed by atoms with E-state index in [1.54, 1.807) is 19.2 Å². The van der Waals surface area contributed by atoms with Crippen LogP contribution >= 0.6 is 27.3 Å². The van der Waals surface area contributed by atoms with E-state index in [0.29, 0.717) is 23.1 Å². The van der Waals surface area contributed by atoms with Crippen molar-refractivity contribution in [2.24, 2.45) is 0 Å². The second-order valence-electron chi connectivity index (χ2n) is 6.37. The molecule has 2 aromatic carbocycles. The van der Waals surface area contributed by atoms with Gasteiger partial charge in [0.15, 0.2) is 0 Å². The van der Waals surface area contributed by atoms with E-state index in [9.17, 15) is 9.90 Å². The van der Waals surface area contributed by atoms with Crippen LogP contribution in [-0.4, -0.2) is 11.0 Å². The summed E-state index contributed by atoms with van der Waals surface area (Å²) >= 11 is 4.86. The fraction of sp³-hybridized carbons (Fsp3) is 0.200. The number of carbonyl (C=O) groups excluding carboxylic acids is 1. The van der Waals surface area contributed by atoms with Crippen LogP contribution in [0.15, 0.2) is 58.4 Å². The van der Waals surface area contributed by atoms with Gasteiger partial charge in [-0.05, 0) is 37.6 Å². The Morgan fingerprint density at radius 1 is 1.22 bits per heavy atom. The minimum Gasteiger partial charge on any atom is -0.549 e. The Bertz CT molecular complexity index is 928. The number of benzene rings is 2. The van der Waals surface area contributed by atoms with Gasteiger partial charge in [-0.2, -0.15) is 0 Å². The smallest absolute Gasteiger partial charge is 0.549 e. The topological polar surface area (TPSA) is 62.2 Å². The van der Waals surface area contributed by atoms with Gasteiger partial charge in [-0.1, -0.05) is 46.3 Å². The number of hydrogen-bond donors (Lipinski definition) is 0. The average molecular weight is 454 g/mol. The molecule has 0 saturated heterocycles. The van der Waals surface area contributed by atoms with Crippen molar-refractivity contribution in [2.45, 2.75) is 25.9 Å². The van der Waals surface area contributed by atoms with E-state index in [1.807, 2.05) is 48.5 Å². The molecule has 4 nitrogen and oxygen atoms in total. The molecule has 0 spiro atoms. The van der Waals surface area contributed by atoms with Gasteiger partial charge in [-0.15, -0.1) is 11.3 Å². The monoisotopic (exact) mass is 453 g/mol. The third-order valence-corrected chi connectivity index (χ3v) is 5.43. The standard InChI is InChI=1S/C20H18BrNO3S.Na/c1-20(2,19(23)24)17-12-26-18(22-17)15-10-14(21)8-9-16(15)25-11-13-6-4-3-5-7-13;/h3-10,12H,11H2,1-2H3,(H,23,24);/q;+1/p-1. The summed E-state index contributed by atoms with van der Waals surface area (Å²) < 4.78 is 6.89. The number of aliphatic carboxylic acids is 1. The van der Waals surface area contributed by atoms with Crippen molar-refractivity contribution in [2.75, 3.05) is 0 Å². The fourth-order valence-electron chi connectivity index (χ4n) is 2.32. The molecule has 3 rings (SSSR count).